The molecule has 16 nitrogen and oxygen atoms in total. The Morgan fingerprint density at radius 1 is 0.531 bits per heavy atom. The third-order valence-corrected chi connectivity index (χ3v) is 16.1. The van der Waals surface area contributed by atoms with Crippen LogP contribution in [0, 0.1) is 0 Å². The van der Waals surface area contributed by atoms with E-state index in [0.717, 1.165) is 16.8 Å². The molecule has 336 valence electrons. The van der Waals surface area contributed by atoms with Gasteiger partial charge in [-0.05, 0) is 118 Å². The van der Waals surface area contributed by atoms with Crippen LogP contribution in [-0.4, -0.2) is 93.0 Å². The maximum absolute atomic E-state index is 14.4. The summed E-state index contributed by atoms with van der Waals surface area (Å²) in [6.07, 6.45) is 2.01. The van der Waals surface area contributed by atoms with Crippen molar-refractivity contribution in [3.63, 3.8) is 0 Å². The van der Waals surface area contributed by atoms with E-state index in [1.54, 1.807) is 18.2 Å². The minimum atomic E-state index is -4.84. The summed E-state index contributed by atoms with van der Waals surface area (Å²) in [4.78, 5) is 11.9. The van der Waals surface area contributed by atoms with Gasteiger partial charge in [-0.15, -0.1) is 0 Å². The maximum Gasteiger partial charge on any atom is 0.251 e. The Kier molecular flexibility index (Phi) is 13.2. The average Bonchev–Trinajstić information content (AvgIpc) is 3.24. The first kappa shape index (κ1) is 47.7. The molecule has 0 aliphatic carbocycles. The number of amides is 1. The van der Waals surface area contributed by atoms with Crippen LogP contribution in [0.4, 0.5) is 5.69 Å². The van der Waals surface area contributed by atoms with Gasteiger partial charge in [-0.1, -0.05) is 54.6 Å². The molecule has 0 atom stereocenters. The molecule has 6 rings (SSSR count). The molecule has 21 heteroatoms. The lowest BCUT2D eigenvalue weighted by atomic mass is 9.83. The molecule has 0 saturated heterocycles. The van der Waals surface area contributed by atoms with Gasteiger partial charge in [-0.3, -0.25) is 9.52 Å². The molecular formula is C43H43N5O11S5. The fraction of sp³-hybridized carbons (Fsp3) is 0.140. The zero-order valence-corrected chi connectivity index (χ0v) is 39.2. The molecule has 0 aromatic heterocycles. The number of nitrogens with zero attached hydrogens (tertiary/aromatic N) is 1. The molecular weight excluding hydrogens is 923 g/mol. The molecule has 0 radical (unpaired) electrons. The molecule has 0 aliphatic rings. The molecule has 6 aromatic carbocycles. The van der Waals surface area contributed by atoms with Crippen molar-refractivity contribution in [1.29, 1.82) is 0 Å². The van der Waals surface area contributed by atoms with E-state index in [4.69, 9.17) is 5.14 Å². The summed E-state index contributed by atoms with van der Waals surface area (Å²) in [5.41, 5.74) is 2.45. The smallest absolute Gasteiger partial charge is 0.251 e. The highest BCUT2D eigenvalue weighted by Gasteiger charge is 2.31. The zero-order valence-electron chi connectivity index (χ0n) is 35.1. The maximum atomic E-state index is 14.4. The largest absolute Gasteiger partial charge is 0.355 e. The number of primary sulfonamides is 1. The van der Waals surface area contributed by atoms with Crippen LogP contribution in [0.25, 0.3) is 55.6 Å². The summed E-state index contributed by atoms with van der Waals surface area (Å²) in [5, 5.41) is 8.78. The number of sulfone groups is 1. The molecule has 1 amide bonds. The number of carbonyl (C=O) groups excluding carboxylic acids is 1. The molecule has 5 N–H and O–H groups in total. The number of sulfonamides is 4. The summed E-state index contributed by atoms with van der Waals surface area (Å²) >= 11 is 0. The Morgan fingerprint density at radius 2 is 1.00 bits per heavy atom. The summed E-state index contributed by atoms with van der Waals surface area (Å²) < 4.78 is 137. The molecule has 0 fully saturated rings. The lowest BCUT2D eigenvalue weighted by Crippen LogP contribution is -2.22. The molecule has 0 unspecified atom stereocenters. The SMILES string of the molecule is CNC(=O)c1ccc(-c2c(-c3ccc(S(=O)(=O)NC)cc3-c3ccc(NS(C)(=O)=O)cc3)cc(-c3ccc(S(C)(=O)=O)cc3)c(-c3ccc(S(=O)(=O)N(C)C)cc3)c2S(N)(=O)=O)cc1. The van der Waals surface area contributed by atoms with Crippen LogP contribution in [-0.2, 0) is 49.9 Å². The Hall–Kier alpha value is -5.78. The number of carbonyl (C=O) groups is 1. The van der Waals surface area contributed by atoms with Crippen molar-refractivity contribution < 1.29 is 46.9 Å². The third kappa shape index (κ3) is 9.96. The van der Waals surface area contributed by atoms with Crippen LogP contribution < -0.4 is 19.9 Å². The number of benzene rings is 6. The molecule has 0 spiro atoms. The predicted molar refractivity (Wildman–Crippen MR) is 247 cm³/mol. The standard InChI is InChI=1S/C43H43N5O11S5/c1-45-43(49)31-9-7-29(8-10-31)41-39(36-24-23-35(63(56,57)46-2)25-37(36)27-11-17-32(18-12-27)47-61(6,52)53)26-38(28-13-19-33(20-14-28)60(5,50)51)40(42(41)62(44,54)55)30-15-21-34(22-16-30)64(58,59)48(3)4/h7-26,46-47H,1-6H3,(H,45,49)(H2,44,54,55). The van der Waals surface area contributed by atoms with E-state index in [-0.39, 0.29) is 70.4 Å². The van der Waals surface area contributed by atoms with Crippen LogP contribution in [0.2, 0.25) is 0 Å². The van der Waals surface area contributed by atoms with Gasteiger partial charge in [0, 0.05) is 49.8 Å². The van der Waals surface area contributed by atoms with Gasteiger partial charge in [-0.2, -0.15) is 0 Å². The van der Waals surface area contributed by atoms with Crippen LogP contribution in [0.1, 0.15) is 10.4 Å². The summed E-state index contributed by atoms with van der Waals surface area (Å²) in [7, 11) is -14.9. The molecule has 6 aromatic rings. The highest BCUT2D eigenvalue weighted by atomic mass is 32.2. The summed E-state index contributed by atoms with van der Waals surface area (Å²) in [6, 6.07) is 28.9. The van der Waals surface area contributed by atoms with Crippen LogP contribution in [0.3, 0.4) is 0 Å². The highest BCUT2D eigenvalue weighted by Crippen LogP contribution is 2.50. The molecule has 0 saturated carbocycles. The average molecular weight is 966 g/mol. The normalized spacial score (nSPS) is 12.6. The second-order valence-electron chi connectivity index (χ2n) is 14.7. The van der Waals surface area contributed by atoms with Gasteiger partial charge in [0.15, 0.2) is 9.84 Å². The van der Waals surface area contributed by atoms with Crippen LogP contribution in [0.15, 0.2) is 141 Å². The summed E-state index contributed by atoms with van der Waals surface area (Å²) in [5.74, 6) is -0.433. The monoisotopic (exact) mass is 965 g/mol. The predicted octanol–water partition coefficient (Wildman–Crippen LogP) is 4.96. The van der Waals surface area contributed by atoms with E-state index in [9.17, 15) is 46.9 Å². The number of hydrogen-bond donors (Lipinski definition) is 4. The Morgan fingerprint density at radius 3 is 1.48 bits per heavy atom. The van der Waals surface area contributed by atoms with Crippen molar-refractivity contribution in [2.45, 2.75) is 19.6 Å². The van der Waals surface area contributed by atoms with Gasteiger partial charge in [-0.25, -0.2) is 56.3 Å². The molecule has 0 aliphatic heterocycles. The Labute approximate surface area is 373 Å². The fourth-order valence-corrected chi connectivity index (χ4v) is 10.9. The zero-order chi connectivity index (χ0) is 47.2. The van der Waals surface area contributed by atoms with Gasteiger partial charge in [0.1, 0.15) is 0 Å². The minimum absolute atomic E-state index is 0.00305. The van der Waals surface area contributed by atoms with Crippen molar-refractivity contribution in [3.05, 3.63) is 127 Å². The lowest BCUT2D eigenvalue weighted by Gasteiger charge is -2.24. The van der Waals surface area contributed by atoms with E-state index in [1.807, 2.05) is 0 Å². The van der Waals surface area contributed by atoms with Crippen LogP contribution >= 0.6 is 0 Å². The van der Waals surface area contributed by atoms with E-state index in [1.165, 1.54) is 131 Å². The van der Waals surface area contributed by atoms with Crippen molar-refractivity contribution in [1.82, 2.24) is 14.3 Å². The topological polar surface area (TPSA) is 253 Å². The Bertz CT molecular complexity index is 3380. The van der Waals surface area contributed by atoms with Gasteiger partial charge < -0.3 is 5.32 Å². The van der Waals surface area contributed by atoms with Gasteiger partial charge >= 0.3 is 0 Å². The van der Waals surface area contributed by atoms with Crippen LogP contribution in [0.5, 0.6) is 0 Å². The highest BCUT2D eigenvalue weighted by molar-refractivity contribution is 7.92. The van der Waals surface area contributed by atoms with E-state index >= 15 is 0 Å². The first-order valence-corrected chi connectivity index (χ1v) is 27.1. The Balaban J connectivity index is 1.84. The van der Waals surface area contributed by atoms with Crippen molar-refractivity contribution in [3.8, 4) is 55.6 Å². The number of nitrogens with two attached hydrogens (primary N) is 1. The second-order valence-corrected chi connectivity index (χ2v) is 24.0. The van der Waals surface area contributed by atoms with E-state index in [0.29, 0.717) is 11.1 Å². The second kappa shape index (κ2) is 17.7. The third-order valence-electron chi connectivity index (χ3n) is 10.1. The quantitative estimate of drug-likeness (QED) is 0.114. The van der Waals surface area contributed by atoms with E-state index < -0.39 is 60.7 Å². The van der Waals surface area contributed by atoms with Gasteiger partial charge in [0.2, 0.25) is 40.1 Å². The molecule has 0 bridgehead atoms. The number of rotatable bonds is 14. The van der Waals surface area contributed by atoms with E-state index in [2.05, 4.69) is 14.8 Å². The van der Waals surface area contributed by atoms with Crippen molar-refractivity contribution >= 4 is 61.5 Å². The summed E-state index contributed by atoms with van der Waals surface area (Å²) in [6.45, 7) is 0. The number of nitrogens with one attached hydrogen (secondary N) is 3. The minimum Gasteiger partial charge on any atom is -0.355 e. The van der Waals surface area contributed by atoms with Gasteiger partial charge in [0.05, 0.1) is 25.8 Å². The number of hydrogen-bond acceptors (Lipinski definition) is 11. The van der Waals surface area contributed by atoms with Gasteiger partial charge in [0.25, 0.3) is 5.91 Å². The number of anilines is 1. The molecule has 0 heterocycles. The lowest BCUT2D eigenvalue weighted by molar-refractivity contribution is 0.0963. The van der Waals surface area contributed by atoms with Crippen molar-refractivity contribution in [2.24, 2.45) is 5.14 Å². The van der Waals surface area contributed by atoms with Crippen molar-refractivity contribution in [2.75, 3.05) is 45.4 Å². The molecule has 64 heavy (non-hydrogen) atoms. The first-order valence-electron chi connectivity index (χ1n) is 18.8. The first-order chi connectivity index (χ1) is 29.8. The fourth-order valence-electron chi connectivity index (χ4n) is 6.99.